The summed E-state index contributed by atoms with van der Waals surface area (Å²) in [6.07, 6.45) is 0.383. The summed E-state index contributed by atoms with van der Waals surface area (Å²) in [5, 5.41) is 9.60. The van der Waals surface area contributed by atoms with Gasteiger partial charge < -0.3 is 0 Å². The van der Waals surface area contributed by atoms with Gasteiger partial charge in [-0.05, 0) is 11.6 Å². The zero-order chi connectivity index (χ0) is 5.86. The lowest BCUT2D eigenvalue weighted by atomic mass is 10.5. The fourth-order valence-electron chi connectivity index (χ4n) is 0.149. The molecule has 0 saturated carbocycles. The largest absolute Gasteiger partial charge is 0.285 e. The van der Waals surface area contributed by atoms with Crippen LogP contribution in [0.5, 0.6) is 0 Å². The maximum Gasteiger partial charge on any atom is 0.285 e. The summed E-state index contributed by atoms with van der Waals surface area (Å²) in [4.78, 5) is 9.09. The van der Waals surface area contributed by atoms with E-state index in [0.717, 1.165) is 0 Å². The van der Waals surface area contributed by atoms with Crippen molar-refractivity contribution in [2.45, 2.75) is 18.8 Å². The summed E-state index contributed by atoms with van der Waals surface area (Å²) in [5.41, 5.74) is -0.903. The number of alkyl halides is 1. The second-order valence-corrected chi connectivity index (χ2v) is 1.63. The third kappa shape index (κ3) is 2.39. The van der Waals surface area contributed by atoms with Crippen molar-refractivity contribution in [3.63, 3.8) is 0 Å². The van der Waals surface area contributed by atoms with Crippen molar-refractivity contribution in [1.82, 2.24) is 0 Å². The predicted octanol–water partition coefficient (Wildman–Crippen LogP) is 1.24. The number of halogens is 1. The Morgan fingerprint density at radius 2 is 2.43 bits per heavy atom. The Morgan fingerprint density at radius 3 is 2.43 bits per heavy atom. The lowest BCUT2D eigenvalue weighted by Gasteiger charge is -1.91. The van der Waals surface area contributed by atoms with Gasteiger partial charge in [0, 0.05) is 11.3 Å². The summed E-state index contributed by atoms with van der Waals surface area (Å²) < 4.78 is 0. The van der Waals surface area contributed by atoms with Gasteiger partial charge in [0.25, 0.3) is 5.50 Å². The van der Waals surface area contributed by atoms with E-state index in [1.807, 2.05) is 0 Å². The normalized spacial score (nSPS) is 13.4. The van der Waals surface area contributed by atoms with Crippen LogP contribution in [-0.2, 0) is 0 Å². The Hall–Kier alpha value is -0.310. The summed E-state index contributed by atoms with van der Waals surface area (Å²) in [7, 11) is 0. The highest BCUT2D eigenvalue weighted by atomic mass is 35.5. The van der Waals surface area contributed by atoms with Crippen LogP contribution >= 0.6 is 11.6 Å². The molecule has 7 heavy (non-hydrogen) atoms. The Labute approximate surface area is 46.4 Å². The second-order valence-electron chi connectivity index (χ2n) is 1.13. The van der Waals surface area contributed by atoms with Gasteiger partial charge in [-0.15, -0.1) is 0 Å². The zero-order valence-electron chi connectivity index (χ0n) is 3.93. The summed E-state index contributed by atoms with van der Waals surface area (Å²) >= 11 is 5.10. The molecule has 0 aliphatic rings. The Bertz CT molecular complexity index is 75.3. The van der Waals surface area contributed by atoms with Crippen LogP contribution in [0, 0.1) is 10.1 Å². The highest BCUT2D eigenvalue weighted by molar-refractivity contribution is 6.19. The fourth-order valence-corrected chi connectivity index (χ4v) is 0.149. The molecule has 42 valence electrons. The average Bonchev–Trinajstić information content (AvgIpc) is 1.65. The maximum absolute atomic E-state index is 9.60. The monoisotopic (exact) mass is 123 g/mol. The molecule has 0 heterocycles. The van der Waals surface area contributed by atoms with Crippen molar-refractivity contribution in [2.75, 3.05) is 0 Å². The van der Waals surface area contributed by atoms with E-state index < -0.39 is 10.4 Å². The summed E-state index contributed by atoms with van der Waals surface area (Å²) in [6, 6.07) is 0. The molecule has 0 aliphatic carbocycles. The second kappa shape index (κ2) is 2.80. The van der Waals surface area contributed by atoms with Crippen LogP contribution in [0.4, 0.5) is 0 Å². The van der Waals surface area contributed by atoms with Crippen LogP contribution in [-0.4, -0.2) is 10.4 Å². The van der Waals surface area contributed by atoms with E-state index in [0.29, 0.717) is 6.42 Å². The molecule has 1 atom stereocenters. The SMILES string of the molecule is CC[C@@H](Cl)[N+](=O)[O-]. The van der Waals surface area contributed by atoms with E-state index in [2.05, 4.69) is 0 Å². The van der Waals surface area contributed by atoms with Crippen LogP contribution < -0.4 is 0 Å². The van der Waals surface area contributed by atoms with Crippen molar-refractivity contribution >= 4 is 11.6 Å². The first kappa shape index (κ1) is 6.69. The number of nitrogens with zero attached hydrogens (tertiary/aromatic N) is 1. The van der Waals surface area contributed by atoms with Gasteiger partial charge in [-0.2, -0.15) is 0 Å². The molecule has 0 N–H and O–H groups in total. The smallest absolute Gasteiger partial charge is 0.263 e. The minimum Gasteiger partial charge on any atom is -0.263 e. The van der Waals surface area contributed by atoms with E-state index in [4.69, 9.17) is 11.6 Å². The number of hydrogen-bond acceptors (Lipinski definition) is 2. The molecule has 0 radical (unpaired) electrons. The minimum atomic E-state index is -0.903. The molecule has 0 aliphatic heterocycles. The predicted molar refractivity (Wildman–Crippen MR) is 26.9 cm³/mol. The lowest BCUT2D eigenvalue weighted by Crippen LogP contribution is -2.09. The van der Waals surface area contributed by atoms with Gasteiger partial charge in [0.15, 0.2) is 0 Å². The van der Waals surface area contributed by atoms with Crippen molar-refractivity contribution in [3.8, 4) is 0 Å². The Balaban J connectivity index is 3.34. The van der Waals surface area contributed by atoms with Crippen molar-refractivity contribution in [3.05, 3.63) is 10.1 Å². The molecular weight excluding hydrogens is 117 g/mol. The van der Waals surface area contributed by atoms with Gasteiger partial charge in [0.05, 0.1) is 0 Å². The van der Waals surface area contributed by atoms with E-state index in [1.54, 1.807) is 6.92 Å². The Morgan fingerprint density at radius 1 is 2.00 bits per heavy atom. The third-order valence-corrected chi connectivity index (χ3v) is 1.03. The molecule has 0 bridgehead atoms. The summed E-state index contributed by atoms with van der Waals surface area (Å²) in [5.74, 6) is 0. The van der Waals surface area contributed by atoms with Crippen LogP contribution in [0.2, 0.25) is 0 Å². The number of rotatable bonds is 2. The zero-order valence-corrected chi connectivity index (χ0v) is 4.68. The lowest BCUT2D eigenvalue weighted by molar-refractivity contribution is -0.498. The molecule has 4 heteroatoms. The molecule has 3 nitrogen and oxygen atoms in total. The van der Waals surface area contributed by atoms with E-state index in [1.165, 1.54) is 0 Å². The van der Waals surface area contributed by atoms with E-state index in [-0.39, 0.29) is 0 Å². The summed E-state index contributed by atoms with van der Waals surface area (Å²) in [6.45, 7) is 1.67. The van der Waals surface area contributed by atoms with Crippen LogP contribution in [0.25, 0.3) is 0 Å². The van der Waals surface area contributed by atoms with Gasteiger partial charge in [-0.3, -0.25) is 10.1 Å². The van der Waals surface area contributed by atoms with Crippen molar-refractivity contribution < 1.29 is 4.92 Å². The molecule has 0 saturated heterocycles. The molecule has 0 spiro atoms. The third-order valence-electron chi connectivity index (χ3n) is 0.566. The highest BCUT2D eigenvalue weighted by Crippen LogP contribution is 1.99. The molecule has 0 rings (SSSR count). The number of nitro groups is 1. The maximum atomic E-state index is 9.60. The fraction of sp³-hybridized carbons (Fsp3) is 1.00. The molecule has 0 unspecified atom stereocenters. The van der Waals surface area contributed by atoms with E-state index >= 15 is 0 Å². The number of hydrogen-bond donors (Lipinski definition) is 0. The van der Waals surface area contributed by atoms with Crippen LogP contribution in [0.1, 0.15) is 13.3 Å². The molecule has 0 aromatic carbocycles. The van der Waals surface area contributed by atoms with Gasteiger partial charge in [0.2, 0.25) is 0 Å². The first-order valence-electron chi connectivity index (χ1n) is 1.96. The molecular formula is C3H6ClNO2. The topological polar surface area (TPSA) is 43.1 Å². The van der Waals surface area contributed by atoms with Crippen molar-refractivity contribution in [1.29, 1.82) is 0 Å². The van der Waals surface area contributed by atoms with Crippen LogP contribution in [0.3, 0.4) is 0 Å². The molecule has 0 aromatic heterocycles. The van der Waals surface area contributed by atoms with Gasteiger partial charge in [0.1, 0.15) is 0 Å². The molecule has 0 amide bonds. The van der Waals surface area contributed by atoms with Gasteiger partial charge in [-0.1, -0.05) is 6.92 Å². The minimum absolute atomic E-state index is 0.383. The standard InChI is InChI=1S/C3H6ClNO2/c1-2-3(4)5(6)7/h3H,2H2,1H3/t3-/m0/s1. The first-order chi connectivity index (χ1) is 3.18. The molecule has 0 fully saturated rings. The first-order valence-corrected chi connectivity index (χ1v) is 2.39. The molecule has 0 aromatic rings. The van der Waals surface area contributed by atoms with Crippen LogP contribution in [0.15, 0.2) is 0 Å². The van der Waals surface area contributed by atoms with Gasteiger partial charge in [-0.25, -0.2) is 0 Å². The Kier molecular flexibility index (Phi) is 2.67. The highest BCUT2D eigenvalue weighted by Gasteiger charge is 2.09. The quantitative estimate of drug-likeness (QED) is 0.240. The van der Waals surface area contributed by atoms with E-state index in [9.17, 15) is 10.1 Å². The van der Waals surface area contributed by atoms with Crippen molar-refractivity contribution in [2.24, 2.45) is 0 Å². The average molecular weight is 124 g/mol. The van der Waals surface area contributed by atoms with Gasteiger partial charge >= 0.3 is 0 Å².